The molecule has 1 amide bonds. The number of hydrogen-bond acceptors (Lipinski definition) is 2. The summed E-state index contributed by atoms with van der Waals surface area (Å²) in [5, 5.41) is 0. The second-order valence-corrected chi connectivity index (χ2v) is 5.09. The number of fused-ring (bicyclic) bond motifs is 1. The molecule has 1 atom stereocenters. The van der Waals surface area contributed by atoms with Crippen molar-refractivity contribution >= 4 is 11.6 Å². The third-order valence-corrected chi connectivity index (χ3v) is 3.57. The summed E-state index contributed by atoms with van der Waals surface area (Å²) in [6.45, 7) is 2.46. The molecular formula is C16H15FN2O. The molecule has 20 heavy (non-hydrogen) atoms. The number of carbonyl (C=O) groups excluding carboxylic acids is 1. The summed E-state index contributed by atoms with van der Waals surface area (Å²) in [4.78, 5) is 13.9. The van der Waals surface area contributed by atoms with Crippen LogP contribution in [-0.4, -0.2) is 5.91 Å². The van der Waals surface area contributed by atoms with Crippen molar-refractivity contribution < 1.29 is 9.18 Å². The standard InChI is InChI=1S/C16H15FN2O/c1-10-3-2-4-11(7-10)9-19-14-6-5-12(17)8-13(14)15(18)16(19)20/h2-8,15H,9,18H2,1H3. The summed E-state index contributed by atoms with van der Waals surface area (Å²) in [5.74, 6) is -0.559. The van der Waals surface area contributed by atoms with Gasteiger partial charge in [0.15, 0.2) is 0 Å². The Bertz CT molecular complexity index is 684. The topological polar surface area (TPSA) is 46.3 Å². The van der Waals surface area contributed by atoms with E-state index in [0.29, 0.717) is 17.8 Å². The predicted octanol–water partition coefficient (Wildman–Crippen LogP) is 2.68. The van der Waals surface area contributed by atoms with Crippen LogP contribution < -0.4 is 10.6 Å². The van der Waals surface area contributed by atoms with E-state index < -0.39 is 6.04 Å². The van der Waals surface area contributed by atoms with E-state index in [-0.39, 0.29) is 11.7 Å². The van der Waals surface area contributed by atoms with Gasteiger partial charge in [0, 0.05) is 11.3 Å². The second kappa shape index (κ2) is 4.72. The van der Waals surface area contributed by atoms with E-state index in [1.54, 1.807) is 11.0 Å². The second-order valence-electron chi connectivity index (χ2n) is 5.09. The Hall–Kier alpha value is -2.20. The maximum absolute atomic E-state index is 13.3. The quantitative estimate of drug-likeness (QED) is 0.912. The average Bonchev–Trinajstić information content (AvgIpc) is 2.64. The Morgan fingerprint density at radius 1 is 1.25 bits per heavy atom. The summed E-state index contributed by atoms with van der Waals surface area (Å²) in [7, 11) is 0. The third kappa shape index (κ3) is 2.08. The number of halogens is 1. The molecule has 0 saturated heterocycles. The highest BCUT2D eigenvalue weighted by molar-refractivity contribution is 6.04. The summed E-state index contributed by atoms with van der Waals surface area (Å²) < 4.78 is 13.3. The molecule has 1 aliphatic heterocycles. The molecule has 2 aromatic rings. The first-order valence-electron chi connectivity index (χ1n) is 6.48. The molecule has 3 rings (SSSR count). The van der Waals surface area contributed by atoms with Crippen LogP contribution >= 0.6 is 0 Å². The lowest BCUT2D eigenvalue weighted by Crippen LogP contribution is -2.31. The van der Waals surface area contributed by atoms with Gasteiger partial charge >= 0.3 is 0 Å². The number of amides is 1. The molecular weight excluding hydrogens is 255 g/mol. The number of rotatable bonds is 2. The number of nitrogens with two attached hydrogens (primary N) is 1. The Kier molecular flexibility index (Phi) is 3.03. The van der Waals surface area contributed by atoms with Crippen LogP contribution in [0.5, 0.6) is 0 Å². The molecule has 1 aliphatic rings. The van der Waals surface area contributed by atoms with Gasteiger partial charge in [0.25, 0.3) is 0 Å². The minimum Gasteiger partial charge on any atom is -0.316 e. The van der Waals surface area contributed by atoms with Crippen LogP contribution in [0.4, 0.5) is 10.1 Å². The zero-order chi connectivity index (χ0) is 14.3. The molecule has 2 aromatic carbocycles. The van der Waals surface area contributed by atoms with Gasteiger partial charge in [-0.2, -0.15) is 0 Å². The minimum absolute atomic E-state index is 0.188. The Morgan fingerprint density at radius 2 is 2.05 bits per heavy atom. The molecule has 0 spiro atoms. The summed E-state index contributed by atoms with van der Waals surface area (Å²) in [6.07, 6.45) is 0. The number of carbonyl (C=O) groups is 1. The van der Waals surface area contributed by atoms with Crippen molar-refractivity contribution in [1.29, 1.82) is 0 Å². The van der Waals surface area contributed by atoms with E-state index in [2.05, 4.69) is 0 Å². The number of hydrogen-bond donors (Lipinski definition) is 1. The van der Waals surface area contributed by atoms with Crippen molar-refractivity contribution in [2.45, 2.75) is 19.5 Å². The summed E-state index contributed by atoms with van der Waals surface area (Å²) in [5.41, 5.74) is 9.30. The van der Waals surface area contributed by atoms with Crippen molar-refractivity contribution in [3.05, 3.63) is 65.0 Å². The molecule has 1 unspecified atom stereocenters. The molecule has 1 heterocycles. The molecule has 0 bridgehead atoms. The van der Waals surface area contributed by atoms with Crippen LogP contribution in [0.2, 0.25) is 0 Å². The van der Waals surface area contributed by atoms with Crippen molar-refractivity contribution in [2.24, 2.45) is 5.73 Å². The van der Waals surface area contributed by atoms with E-state index in [9.17, 15) is 9.18 Å². The fourth-order valence-corrected chi connectivity index (χ4v) is 2.60. The molecule has 0 saturated carbocycles. The molecule has 0 fully saturated rings. The molecule has 0 aliphatic carbocycles. The summed E-state index contributed by atoms with van der Waals surface area (Å²) in [6, 6.07) is 11.5. The summed E-state index contributed by atoms with van der Waals surface area (Å²) >= 11 is 0. The van der Waals surface area contributed by atoms with Crippen LogP contribution in [0, 0.1) is 12.7 Å². The van der Waals surface area contributed by atoms with Crippen molar-refractivity contribution in [1.82, 2.24) is 0 Å². The van der Waals surface area contributed by atoms with Crippen molar-refractivity contribution in [3.8, 4) is 0 Å². The van der Waals surface area contributed by atoms with E-state index in [1.807, 2.05) is 31.2 Å². The van der Waals surface area contributed by atoms with Gasteiger partial charge in [-0.1, -0.05) is 29.8 Å². The van der Waals surface area contributed by atoms with Gasteiger partial charge in [0.1, 0.15) is 11.9 Å². The first-order valence-corrected chi connectivity index (χ1v) is 6.48. The van der Waals surface area contributed by atoms with Gasteiger partial charge in [-0.25, -0.2) is 4.39 Å². The van der Waals surface area contributed by atoms with Gasteiger partial charge in [0.2, 0.25) is 5.91 Å². The van der Waals surface area contributed by atoms with Gasteiger partial charge in [0.05, 0.1) is 6.54 Å². The number of nitrogens with zero attached hydrogens (tertiary/aromatic N) is 1. The zero-order valence-corrected chi connectivity index (χ0v) is 11.1. The minimum atomic E-state index is -0.773. The molecule has 102 valence electrons. The Morgan fingerprint density at radius 3 is 2.80 bits per heavy atom. The monoisotopic (exact) mass is 270 g/mol. The lowest BCUT2D eigenvalue weighted by molar-refractivity contribution is -0.119. The highest BCUT2D eigenvalue weighted by Gasteiger charge is 2.34. The SMILES string of the molecule is Cc1cccc(CN2C(=O)C(N)c3cc(F)ccc32)c1. The van der Waals surface area contributed by atoms with Gasteiger partial charge in [-0.05, 0) is 30.7 Å². The predicted molar refractivity (Wildman–Crippen MR) is 75.7 cm³/mol. The molecule has 0 aromatic heterocycles. The number of benzene rings is 2. The maximum atomic E-state index is 13.3. The van der Waals surface area contributed by atoms with Crippen LogP contribution in [0.1, 0.15) is 22.7 Å². The Labute approximate surface area is 116 Å². The van der Waals surface area contributed by atoms with Gasteiger partial charge < -0.3 is 10.6 Å². The van der Waals surface area contributed by atoms with Crippen LogP contribution in [0.3, 0.4) is 0 Å². The fourth-order valence-electron chi connectivity index (χ4n) is 2.60. The average molecular weight is 270 g/mol. The van der Waals surface area contributed by atoms with Crippen molar-refractivity contribution in [3.63, 3.8) is 0 Å². The van der Waals surface area contributed by atoms with E-state index in [1.165, 1.54) is 12.1 Å². The van der Waals surface area contributed by atoms with E-state index in [0.717, 1.165) is 11.1 Å². The number of anilines is 1. The lowest BCUT2D eigenvalue weighted by atomic mass is 10.1. The lowest BCUT2D eigenvalue weighted by Gasteiger charge is -2.18. The van der Waals surface area contributed by atoms with Crippen LogP contribution in [0.15, 0.2) is 42.5 Å². The highest BCUT2D eigenvalue weighted by Crippen LogP contribution is 2.35. The Balaban J connectivity index is 1.97. The normalized spacial score (nSPS) is 17.4. The fraction of sp³-hybridized carbons (Fsp3) is 0.188. The molecule has 0 radical (unpaired) electrons. The maximum Gasteiger partial charge on any atom is 0.248 e. The third-order valence-electron chi connectivity index (χ3n) is 3.57. The smallest absolute Gasteiger partial charge is 0.248 e. The van der Waals surface area contributed by atoms with Crippen LogP contribution in [-0.2, 0) is 11.3 Å². The molecule has 4 heteroatoms. The first-order chi connectivity index (χ1) is 9.56. The van der Waals surface area contributed by atoms with Crippen LogP contribution in [0.25, 0.3) is 0 Å². The molecule has 3 nitrogen and oxygen atoms in total. The first kappa shape index (κ1) is 12.8. The zero-order valence-electron chi connectivity index (χ0n) is 11.1. The van der Waals surface area contributed by atoms with E-state index in [4.69, 9.17) is 5.73 Å². The highest BCUT2D eigenvalue weighted by atomic mass is 19.1. The van der Waals surface area contributed by atoms with Crippen molar-refractivity contribution in [2.75, 3.05) is 4.90 Å². The largest absolute Gasteiger partial charge is 0.316 e. The van der Waals surface area contributed by atoms with E-state index >= 15 is 0 Å². The number of aryl methyl sites for hydroxylation is 1. The molecule has 2 N–H and O–H groups in total. The van der Waals surface area contributed by atoms with Gasteiger partial charge in [-0.15, -0.1) is 0 Å². The van der Waals surface area contributed by atoms with Gasteiger partial charge in [-0.3, -0.25) is 4.79 Å².